The summed E-state index contributed by atoms with van der Waals surface area (Å²) >= 11 is 0. The first-order chi connectivity index (χ1) is 31.3. The molecule has 0 aliphatic heterocycles. The standard InChI is InChI=1S/4C16H26O/c2*1-11-14-13(7-6-9-15(14,3)4)8-10-16(11,5)12(2)17;2*1-12(2)7-6-8-15-9-10-16(5,14(4)17)13(3)11-15/h2*8,11,14H,6-7,9-10H2,1-5H3;2*7,11,13H,6,8-10H2,1-5H3/t2*11-,14-,16-;2*13-,16-/m1010/s1. The smallest absolute Gasteiger partial charge is 0.136 e. The summed E-state index contributed by atoms with van der Waals surface area (Å²) in [6, 6.07) is 0. The maximum Gasteiger partial charge on any atom is 0.136 e. The summed E-state index contributed by atoms with van der Waals surface area (Å²) < 4.78 is 0. The fourth-order valence-corrected chi connectivity index (χ4v) is 13.3. The van der Waals surface area contributed by atoms with Crippen LogP contribution in [0, 0.1) is 68.0 Å². The van der Waals surface area contributed by atoms with Crippen molar-refractivity contribution in [3.8, 4) is 0 Å². The largest absolute Gasteiger partial charge is 0.299 e. The molecule has 10 atom stereocenters. The van der Waals surface area contributed by atoms with E-state index < -0.39 is 0 Å². The fraction of sp³-hybridized carbons (Fsp3) is 0.750. The molecule has 6 aliphatic carbocycles. The summed E-state index contributed by atoms with van der Waals surface area (Å²) in [4.78, 5) is 47.4. The quantitative estimate of drug-likeness (QED) is 0.205. The van der Waals surface area contributed by atoms with Crippen LogP contribution < -0.4 is 0 Å². The Morgan fingerprint density at radius 2 is 0.779 bits per heavy atom. The first-order valence-electron chi connectivity index (χ1n) is 27.4. The van der Waals surface area contributed by atoms with Gasteiger partial charge in [0.2, 0.25) is 0 Å². The van der Waals surface area contributed by atoms with E-state index in [0.29, 0.717) is 69.5 Å². The number of allylic oxidation sites excluding steroid dienone is 12. The molecule has 384 valence electrons. The Balaban J connectivity index is 0.000000240. The van der Waals surface area contributed by atoms with E-state index in [2.05, 4.69) is 147 Å². The molecule has 0 bridgehead atoms. The molecule has 0 spiro atoms. The van der Waals surface area contributed by atoms with Crippen LogP contribution in [0.5, 0.6) is 0 Å². The molecule has 0 amide bonds. The van der Waals surface area contributed by atoms with Crippen LogP contribution in [0.4, 0.5) is 0 Å². The van der Waals surface area contributed by atoms with Gasteiger partial charge in [-0.15, -0.1) is 0 Å². The summed E-state index contributed by atoms with van der Waals surface area (Å²) in [6.45, 7) is 42.6. The van der Waals surface area contributed by atoms with E-state index in [4.69, 9.17) is 0 Å². The van der Waals surface area contributed by atoms with Crippen LogP contribution in [0.25, 0.3) is 0 Å². The summed E-state index contributed by atoms with van der Waals surface area (Å²) in [5.74, 6) is 4.35. The Bertz CT molecular complexity index is 1840. The molecular weight excluding hydrogens is 833 g/mol. The van der Waals surface area contributed by atoms with Gasteiger partial charge in [0.15, 0.2) is 0 Å². The summed E-state index contributed by atoms with van der Waals surface area (Å²) in [6.07, 6.45) is 32.5. The van der Waals surface area contributed by atoms with Crippen LogP contribution in [-0.2, 0) is 19.2 Å². The lowest BCUT2D eigenvalue weighted by molar-refractivity contribution is -0.131. The second kappa shape index (κ2) is 24.0. The second-order valence-corrected chi connectivity index (χ2v) is 25.9. The molecule has 6 rings (SSSR count). The fourth-order valence-electron chi connectivity index (χ4n) is 13.3. The zero-order valence-electron chi connectivity index (χ0n) is 47.9. The van der Waals surface area contributed by atoms with Crippen LogP contribution >= 0.6 is 0 Å². The zero-order chi connectivity index (χ0) is 51.8. The van der Waals surface area contributed by atoms with Gasteiger partial charge in [0, 0.05) is 21.7 Å². The molecule has 0 aromatic rings. The van der Waals surface area contributed by atoms with E-state index in [0.717, 1.165) is 64.2 Å². The maximum atomic E-state index is 12.0. The Kier molecular flexibility index (Phi) is 21.0. The van der Waals surface area contributed by atoms with Crippen molar-refractivity contribution >= 4 is 23.1 Å². The van der Waals surface area contributed by atoms with Crippen molar-refractivity contribution in [1.29, 1.82) is 0 Å². The third-order valence-corrected chi connectivity index (χ3v) is 19.8. The minimum Gasteiger partial charge on any atom is -0.299 e. The molecular formula is C64H104O4. The van der Waals surface area contributed by atoms with Gasteiger partial charge in [0.1, 0.15) is 23.1 Å². The van der Waals surface area contributed by atoms with Gasteiger partial charge in [-0.1, -0.05) is 153 Å². The predicted octanol–water partition coefficient (Wildman–Crippen LogP) is 18.1. The van der Waals surface area contributed by atoms with Gasteiger partial charge in [-0.25, -0.2) is 0 Å². The monoisotopic (exact) mass is 937 g/mol. The van der Waals surface area contributed by atoms with E-state index in [1.807, 2.05) is 0 Å². The van der Waals surface area contributed by atoms with Crippen molar-refractivity contribution in [2.45, 2.75) is 241 Å². The van der Waals surface area contributed by atoms with Crippen molar-refractivity contribution < 1.29 is 19.2 Å². The molecule has 0 aromatic heterocycles. The molecule has 0 unspecified atom stereocenters. The molecule has 0 saturated heterocycles. The SMILES string of the molecule is CC(=O)[C@@]1(C)CC=C2CCCC(C)(C)[C@H]2[C@@H]1C.CC(=O)[C@@]1(C)CCC(CCC=C(C)C)=C[C@@H]1C.CC(=O)[C@]1(C)CC=C2CCCC(C)(C)[C@@H]2[C@H]1C.CC(=O)[C@]1(C)CCC(CCC=C(C)C)=C[C@H]1C. The van der Waals surface area contributed by atoms with Gasteiger partial charge in [-0.05, 0) is 204 Å². The Hall–Kier alpha value is -2.88. The summed E-state index contributed by atoms with van der Waals surface area (Å²) in [7, 11) is 0. The highest BCUT2D eigenvalue weighted by atomic mass is 16.1. The summed E-state index contributed by atoms with van der Waals surface area (Å²) in [5, 5.41) is 0. The van der Waals surface area contributed by atoms with Gasteiger partial charge >= 0.3 is 0 Å². The third-order valence-electron chi connectivity index (χ3n) is 19.8. The highest BCUT2D eigenvalue weighted by Gasteiger charge is 2.51. The van der Waals surface area contributed by atoms with Crippen molar-refractivity contribution in [2.24, 2.45) is 68.0 Å². The Labute approximate surface area is 419 Å². The van der Waals surface area contributed by atoms with E-state index in [-0.39, 0.29) is 21.7 Å². The number of Topliss-reactive ketones (excluding diaryl/α,β-unsaturated/α-hetero) is 4. The van der Waals surface area contributed by atoms with Crippen LogP contribution in [0.3, 0.4) is 0 Å². The van der Waals surface area contributed by atoms with Gasteiger partial charge in [-0.3, -0.25) is 19.2 Å². The predicted molar refractivity (Wildman–Crippen MR) is 291 cm³/mol. The van der Waals surface area contributed by atoms with E-state index in [1.54, 1.807) is 38.8 Å². The van der Waals surface area contributed by atoms with Crippen molar-refractivity contribution in [2.75, 3.05) is 0 Å². The van der Waals surface area contributed by atoms with Crippen LogP contribution in [-0.4, -0.2) is 23.1 Å². The molecule has 4 heteroatoms. The normalized spacial score (nSPS) is 34.5. The number of rotatable bonds is 10. The minimum absolute atomic E-state index is 0.125. The Morgan fingerprint density at radius 1 is 0.471 bits per heavy atom. The van der Waals surface area contributed by atoms with E-state index in [9.17, 15) is 19.2 Å². The number of hydrogen-bond donors (Lipinski definition) is 0. The van der Waals surface area contributed by atoms with Crippen LogP contribution in [0.2, 0.25) is 0 Å². The Morgan fingerprint density at radius 3 is 1.04 bits per heavy atom. The lowest BCUT2D eigenvalue weighted by atomic mass is 9.52. The molecule has 0 heterocycles. The number of ketones is 4. The minimum atomic E-state index is -0.136. The van der Waals surface area contributed by atoms with Crippen molar-refractivity contribution in [3.63, 3.8) is 0 Å². The van der Waals surface area contributed by atoms with E-state index >= 15 is 0 Å². The molecule has 0 radical (unpaired) electrons. The molecule has 4 nitrogen and oxygen atoms in total. The van der Waals surface area contributed by atoms with Crippen LogP contribution in [0.15, 0.2) is 69.9 Å². The average Bonchev–Trinajstić information content (AvgIpc) is 3.23. The lowest BCUT2D eigenvalue weighted by Gasteiger charge is -2.52. The first-order valence-corrected chi connectivity index (χ1v) is 27.4. The highest BCUT2D eigenvalue weighted by Crippen LogP contribution is 2.57. The molecule has 2 fully saturated rings. The zero-order valence-corrected chi connectivity index (χ0v) is 47.9. The maximum absolute atomic E-state index is 12.0. The van der Waals surface area contributed by atoms with Gasteiger partial charge in [0.05, 0.1) is 0 Å². The average molecular weight is 938 g/mol. The molecule has 6 aliphatic rings. The van der Waals surface area contributed by atoms with Gasteiger partial charge in [0.25, 0.3) is 0 Å². The van der Waals surface area contributed by atoms with Gasteiger partial charge < -0.3 is 0 Å². The van der Waals surface area contributed by atoms with Crippen molar-refractivity contribution in [1.82, 2.24) is 0 Å². The summed E-state index contributed by atoms with van der Waals surface area (Å²) in [5.41, 5.74) is 9.32. The molecule has 2 saturated carbocycles. The number of carbonyl (C=O) groups is 4. The molecule has 0 aromatic carbocycles. The number of hydrogen-bond acceptors (Lipinski definition) is 4. The van der Waals surface area contributed by atoms with Crippen LogP contribution in [0.1, 0.15) is 241 Å². The molecule has 68 heavy (non-hydrogen) atoms. The van der Waals surface area contributed by atoms with Crippen molar-refractivity contribution in [3.05, 3.63) is 69.9 Å². The van der Waals surface area contributed by atoms with Gasteiger partial charge in [-0.2, -0.15) is 0 Å². The lowest BCUT2D eigenvalue weighted by Crippen LogP contribution is -2.46. The molecule has 0 N–H and O–H groups in total. The third kappa shape index (κ3) is 14.2. The van der Waals surface area contributed by atoms with E-state index in [1.165, 1.54) is 60.8 Å². The second-order valence-electron chi connectivity index (χ2n) is 25.9. The number of carbonyl (C=O) groups excluding carboxylic acids is 4. The first kappa shape index (κ1) is 59.4. The highest BCUT2D eigenvalue weighted by molar-refractivity contribution is 5.84. The topological polar surface area (TPSA) is 68.3 Å². The number of fused-ring (bicyclic) bond motifs is 2.